The molecule has 3 aromatic carbocycles. The molecule has 1 aliphatic rings. The molecule has 11 nitrogen and oxygen atoms in total. The minimum atomic E-state index is -1.19. The van der Waals surface area contributed by atoms with E-state index in [1.54, 1.807) is 82.5 Å². The largest absolute Gasteiger partial charge is 0.497 e. The molecule has 0 radical (unpaired) electrons. The average molecular weight is 691 g/mol. The Morgan fingerprint density at radius 2 is 1.66 bits per heavy atom. The summed E-state index contributed by atoms with van der Waals surface area (Å²) in [5, 5.41) is 20.3. The van der Waals surface area contributed by atoms with Gasteiger partial charge in [-0.15, -0.1) is 0 Å². The summed E-state index contributed by atoms with van der Waals surface area (Å²) in [5.74, 6) is -1.76. The van der Waals surface area contributed by atoms with Gasteiger partial charge in [-0.05, 0) is 80.6 Å². The van der Waals surface area contributed by atoms with E-state index >= 15 is 0 Å². The van der Waals surface area contributed by atoms with E-state index < -0.39 is 42.1 Å². The van der Waals surface area contributed by atoms with Crippen LogP contribution in [0.15, 0.2) is 85.0 Å². The van der Waals surface area contributed by atoms with Gasteiger partial charge in [-0.3, -0.25) is 0 Å². The molecule has 0 amide bonds. The van der Waals surface area contributed by atoms with Crippen LogP contribution in [-0.2, 0) is 25.6 Å². The second kappa shape index (κ2) is 17.8. The molecule has 1 aliphatic heterocycles. The van der Waals surface area contributed by atoms with Crippen molar-refractivity contribution in [2.45, 2.75) is 70.9 Å². The monoisotopic (exact) mass is 690 g/mol. The van der Waals surface area contributed by atoms with Gasteiger partial charge in [0.1, 0.15) is 41.6 Å². The van der Waals surface area contributed by atoms with Gasteiger partial charge in [-0.2, -0.15) is 0 Å². The molecule has 2 N–H and O–H groups in total. The predicted octanol–water partition coefficient (Wildman–Crippen LogP) is 6.68. The maximum absolute atomic E-state index is 13.2. The minimum Gasteiger partial charge on any atom is -0.497 e. The number of benzene rings is 3. The molecule has 0 saturated carbocycles. The lowest BCUT2D eigenvalue weighted by atomic mass is 9.99. The van der Waals surface area contributed by atoms with Crippen LogP contribution < -0.4 is 14.2 Å². The summed E-state index contributed by atoms with van der Waals surface area (Å²) in [6.45, 7) is 7.13. The number of esters is 1. The number of aromatic carboxylic acids is 1. The van der Waals surface area contributed by atoms with Gasteiger partial charge < -0.3 is 43.4 Å². The summed E-state index contributed by atoms with van der Waals surface area (Å²) in [6, 6.07) is 19.2. The molecule has 3 aromatic rings. The standard InChI is InChI=1S/C39H46O11/c1-25(26(2)40)15-20-32(48-38(43)28-11-8-7-9-12-28)36-33(49-39(3,4)50-36)14-10-13-29-21-31(22-34(47-24-44-5)35(29)37(41)42)46-23-27-16-18-30(45-6)19-17-27/h7-13,15-22,25-26,32-33,36,40H,14,23-24H2,1-6H3,(H,41,42)/b13-10+,20-15-/t25-,26+,32+,33+,36-/m1/s1. The number of ether oxygens (including phenoxy) is 7. The van der Waals surface area contributed by atoms with E-state index in [1.165, 1.54) is 13.2 Å². The van der Waals surface area contributed by atoms with E-state index in [0.717, 1.165) is 11.3 Å². The molecular weight excluding hydrogens is 644 g/mol. The molecule has 0 bridgehead atoms. The summed E-state index contributed by atoms with van der Waals surface area (Å²) in [4.78, 5) is 25.6. The van der Waals surface area contributed by atoms with Crippen molar-refractivity contribution in [1.29, 1.82) is 0 Å². The van der Waals surface area contributed by atoms with Gasteiger partial charge in [-0.25, -0.2) is 9.59 Å². The van der Waals surface area contributed by atoms with E-state index in [0.29, 0.717) is 16.9 Å². The Morgan fingerprint density at radius 3 is 2.30 bits per heavy atom. The Kier molecular flexibility index (Phi) is 13.6. The van der Waals surface area contributed by atoms with Crippen molar-refractivity contribution in [2.24, 2.45) is 5.92 Å². The number of hydrogen-bond acceptors (Lipinski definition) is 10. The topological polar surface area (TPSA) is 139 Å². The summed E-state index contributed by atoms with van der Waals surface area (Å²) in [5.41, 5.74) is 1.53. The third-order valence-electron chi connectivity index (χ3n) is 8.05. The zero-order valence-corrected chi connectivity index (χ0v) is 29.2. The van der Waals surface area contributed by atoms with Gasteiger partial charge in [0.05, 0.1) is 24.9 Å². The normalized spacial score (nSPS) is 18.9. The number of carboxylic acids is 1. The minimum absolute atomic E-state index is 0.0692. The van der Waals surface area contributed by atoms with Crippen LogP contribution in [-0.4, -0.2) is 73.4 Å². The van der Waals surface area contributed by atoms with Crippen LogP contribution >= 0.6 is 0 Å². The van der Waals surface area contributed by atoms with Gasteiger partial charge >= 0.3 is 11.9 Å². The van der Waals surface area contributed by atoms with Crippen LogP contribution in [0, 0.1) is 5.92 Å². The fraction of sp³-hybridized carbons (Fsp3) is 0.385. The number of carbonyl (C=O) groups is 2. The van der Waals surface area contributed by atoms with E-state index in [1.807, 2.05) is 37.3 Å². The smallest absolute Gasteiger partial charge is 0.340 e. The van der Waals surface area contributed by atoms with Gasteiger partial charge in [0.15, 0.2) is 12.6 Å². The van der Waals surface area contributed by atoms with Crippen molar-refractivity contribution < 1.29 is 53.0 Å². The summed E-state index contributed by atoms with van der Waals surface area (Å²) < 4.78 is 40.5. The maximum Gasteiger partial charge on any atom is 0.340 e. The Morgan fingerprint density at radius 1 is 0.940 bits per heavy atom. The predicted molar refractivity (Wildman–Crippen MR) is 186 cm³/mol. The molecule has 0 aliphatic carbocycles. The molecule has 11 heteroatoms. The van der Waals surface area contributed by atoms with Crippen molar-refractivity contribution in [3.63, 3.8) is 0 Å². The summed E-state index contributed by atoms with van der Waals surface area (Å²) in [7, 11) is 3.03. The summed E-state index contributed by atoms with van der Waals surface area (Å²) in [6.07, 6.45) is 4.42. The molecule has 268 valence electrons. The lowest BCUT2D eigenvalue weighted by Crippen LogP contribution is -2.37. The highest BCUT2D eigenvalue weighted by molar-refractivity contribution is 5.95. The Labute approximate surface area is 293 Å². The molecule has 1 saturated heterocycles. The van der Waals surface area contributed by atoms with Gasteiger partial charge in [0, 0.05) is 13.2 Å². The van der Waals surface area contributed by atoms with Crippen LogP contribution in [0.2, 0.25) is 0 Å². The second-order valence-electron chi connectivity index (χ2n) is 12.4. The molecule has 0 aromatic heterocycles. The quantitative estimate of drug-likeness (QED) is 0.0891. The van der Waals surface area contributed by atoms with Crippen molar-refractivity contribution in [1.82, 2.24) is 0 Å². The second-order valence-corrected chi connectivity index (χ2v) is 12.4. The number of carbonyl (C=O) groups excluding carboxylic acids is 1. The number of rotatable bonds is 17. The van der Waals surface area contributed by atoms with Crippen LogP contribution in [0.1, 0.15) is 66.0 Å². The van der Waals surface area contributed by atoms with Gasteiger partial charge in [0.25, 0.3) is 0 Å². The number of carboxylic acid groups (broad SMARTS) is 1. The highest BCUT2D eigenvalue weighted by Gasteiger charge is 2.45. The zero-order chi connectivity index (χ0) is 36.3. The van der Waals surface area contributed by atoms with E-state index in [9.17, 15) is 19.8 Å². The fourth-order valence-corrected chi connectivity index (χ4v) is 5.26. The molecule has 1 fully saturated rings. The first-order valence-corrected chi connectivity index (χ1v) is 16.3. The van der Waals surface area contributed by atoms with Gasteiger partial charge in [-0.1, -0.05) is 55.5 Å². The molecule has 50 heavy (non-hydrogen) atoms. The van der Waals surface area contributed by atoms with E-state index in [2.05, 4.69) is 0 Å². The van der Waals surface area contributed by atoms with Gasteiger partial charge in [0.2, 0.25) is 0 Å². The first-order valence-electron chi connectivity index (χ1n) is 16.3. The number of methoxy groups -OCH3 is 2. The maximum atomic E-state index is 13.2. The Balaban J connectivity index is 1.62. The average Bonchev–Trinajstić information content (AvgIpc) is 3.41. The lowest BCUT2D eigenvalue weighted by molar-refractivity contribution is -0.152. The fourth-order valence-electron chi connectivity index (χ4n) is 5.26. The van der Waals surface area contributed by atoms with Crippen LogP contribution in [0.25, 0.3) is 6.08 Å². The van der Waals surface area contributed by atoms with E-state index in [4.69, 9.17) is 33.2 Å². The molecular formula is C39H46O11. The first-order chi connectivity index (χ1) is 23.9. The van der Waals surface area contributed by atoms with Crippen molar-refractivity contribution >= 4 is 18.0 Å². The Hall–Kier alpha value is -4.68. The lowest BCUT2D eigenvalue weighted by Gasteiger charge is -2.25. The van der Waals surface area contributed by atoms with Crippen LogP contribution in [0.5, 0.6) is 17.2 Å². The van der Waals surface area contributed by atoms with Crippen molar-refractivity contribution in [3.8, 4) is 17.2 Å². The third kappa shape index (κ3) is 10.7. The van der Waals surface area contributed by atoms with E-state index in [-0.39, 0.29) is 37.1 Å². The molecule has 0 spiro atoms. The highest BCUT2D eigenvalue weighted by Crippen LogP contribution is 2.35. The summed E-state index contributed by atoms with van der Waals surface area (Å²) >= 11 is 0. The van der Waals surface area contributed by atoms with Crippen molar-refractivity contribution in [2.75, 3.05) is 21.0 Å². The Bertz CT molecular complexity index is 1610. The molecule has 0 unspecified atom stereocenters. The molecule has 5 atom stereocenters. The third-order valence-corrected chi connectivity index (χ3v) is 8.05. The zero-order valence-electron chi connectivity index (χ0n) is 29.2. The highest BCUT2D eigenvalue weighted by atomic mass is 16.8. The number of hydrogen-bond donors (Lipinski definition) is 2. The number of aliphatic hydroxyl groups excluding tert-OH is 1. The molecule has 4 rings (SSSR count). The van der Waals surface area contributed by atoms with Crippen molar-refractivity contribution in [3.05, 3.63) is 107 Å². The molecule has 1 heterocycles. The van der Waals surface area contributed by atoms with Crippen LogP contribution in [0.4, 0.5) is 0 Å². The van der Waals surface area contributed by atoms with Crippen LogP contribution in [0.3, 0.4) is 0 Å². The first kappa shape index (κ1) is 38.1. The number of aliphatic hydroxyl groups is 1. The SMILES string of the molecule is COCOc1cc(OCc2ccc(OC)cc2)cc(/C=C/C[C@@H]2OC(C)(C)O[C@@H]2[C@H](/C=C\[C@@H](C)[C@H](C)O)OC(=O)c2ccccc2)c1C(=O)O.